The number of alkyl halides is 3. The molecule has 8 nitrogen and oxygen atoms in total. The van der Waals surface area contributed by atoms with Crippen molar-refractivity contribution in [2.45, 2.75) is 6.18 Å². The van der Waals surface area contributed by atoms with Crippen LogP contribution in [0, 0.1) is 5.41 Å². The van der Waals surface area contributed by atoms with Crippen LogP contribution in [0.2, 0.25) is 0 Å². The number of nitrogens with one attached hydrogen (secondary N) is 3. The second-order valence-corrected chi connectivity index (χ2v) is 7.73. The number of aromatic nitrogens is 3. The highest BCUT2D eigenvalue weighted by Gasteiger charge is 2.34. The van der Waals surface area contributed by atoms with Gasteiger partial charge in [-0.05, 0) is 65.7 Å². The van der Waals surface area contributed by atoms with Crippen molar-refractivity contribution in [3.05, 3.63) is 108 Å². The first-order chi connectivity index (χ1) is 17.7. The fraction of sp³-hybridized carbons (Fsp3) is 0.0385. The molecule has 1 amide bonds. The van der Waals surface area contributed by atoms with Crippen molar-refractivity contribution in [3.8, 4) is 16.9 Å². The molecule has 0 aliphatic heterocycles. The number of phenols is 1. The highest BCUT2D eigenvalue weighted by molar-refractivity contribution is 6.07. The third kappa shape index (κ3) is 6.54. The lowest BCUT2D eigenvalue weighted by Crippen LogP contribution is -2.21. The van der Waals surface area contributed by atoms with Gasteiger partial charge in [-0.1, -0.05) is 24.3 Å². The molecule has 186 valence electrons. The molecule has 4 N–H and O–H groups in total. The molecule has 0 spiro atoms. The molecule has 0 atom stereocenters. The van der Waals surface area contributed by atoms with E-state index in [1.54, 1.807) is 42.5 Å². The molecule has 0 fully saturated rings. The van der Waals surface area contributed by atoms with Crippen molar-refractivity contribution in [2.75, 3.05) is 10.6 Å². The molecule has 2 aromatic heterocycles. The summed E-state index contributed by atoms with van der Waals surface area (Å²) >= 11 is 0. The van der Waals surface area contributed by atoms with Crippen molar-refractivity contribution in [3.63, 3.8) is 0 Å². The molecular weight excluding hydrogens is 485 g/mol. The molecule has 2 aromatic carbocycles. The van der Waals surface area contributed by atoms with Crippen LogP contribution in [0.25, 0.3) is 11.1 Å². The van der Waals surface area contributed by atoms with E-state index >= 15 is 0 Å². The summed E-state index contributed by atoms with van der Waals surface area (Å²) in [6, 6.07) is 18.8. The van der Waals surface area contributed by atoms with Gasteiger partial charge in [0.25, 0.3) is 5.91 Å². The maximum Gasteiger partial charge on any atom is 0.431 e. The van der Waals surface area contributed by atoms with Crippen LogP contribution < -0.4 is 10.6 Å². The Hall–Kier alpha value is -5.06. The second kappa shape index (κ2) is 10.7. The third-order valence-corrected chi connectivity index (χ3v) is 5.04. The van der Waals surface area contributed by atoms with Crippen LogP contribution in [-0.2, 0) is 0 Å². The van der Waals surface area contributed by atoms with Crippen LogP contribution in [0.4, 0.5) is 24.8 Å². The molecule has 37 heavy (non-hydrogen) atoms. The lowest BCUT2D eigenvalue weighted by Gasteiger charge is -2.14. The predicted octanol–water partition coefficient (Wildman–Crippen LogP) is 5.42. The predicted molar refractivity (Wildman–Crippen MR) is 132 cm³/mol. The van der Waals surface area contributed by atoms with Gasteiger partial charge in [0, 0.05) is 23.5 Å². The summed E-state index contributed by atoms with van der Waals surface area (Å²) < 4.78 is 40.6. The van der Waals surface area contributed by atoms with Crippen LogP contribution >= 0.6 is 0 Å². The van der Waals surface area contributed by atoms with E-state index in [0.717, 1.165) is 5.56 Å². The van der Waals surface area contributed by atoms with Gasteiger partial charge in [-0.25, -0.2) is 0 Å². The van der Waals surface area contributed by atoms with Crippen LogP contribution in [0.5, 0.6) is 5.75 Å². The van der Waals surface area contributed by atoms with Gasteiger partial charge in [0.1, 0.15) is 11.4 Å². The summed E-state index contributed by atoms with van der Waals surface area (Å²) in [6.45, 7) is 0. The van der Waals surface area contributed by atoms with Gasteiger partial charge in [-0.15, -0.1) is 10.2 Å². The zero-order valence-corrected chi connectivity index (χ0v) is 19.0. The Morgan fingerprint density at radius 2 is 1.51 bits per heavy atom. The highest BCUT2D eigenvalue weighted by Crippen LogP contribution is 2.27. The number of aromatic hydroxyl groups is 1. The van der Waals surface area contributed by atoms with Gasteiger partial charge < -0.3 is 21.1 Å². The van der Waals surface area contributed by atoms with Crippen LogP contribution in [0.3, 0.4) is 0 Å². The van der Waals surface area contributed by atoms with Crippen molar-refractivity contribution >= 4 is 23.3 Å². The minimum absolute atomic E-state index is 0.0268. The van der Waals surface area contributed by atoms with Gasteiger partial charge in [0.15, 0.2) is 11.6 Å². The number of anilines is 2. The first-order valence-corrected chi connectivity index (χ1v) is 10.8. The summed E-state index contributed by atoms with van der Waals surface area (Å²) in [5.74, 6) is -0.614. The minimum Gasteiger partial charge on any atom is -0.508 e. The van der Waals surface area contributed by atoms with E-state index in [9.17, 15) is 23.1 Å². The monoisotopic (exact) mass is 504 g/mol. The van der Waals surface area contributed by atoms with E-state index < -0.39 is 23.5 Å². The topological polar surface area (TPSA) is 124 Å². The largest absolute Gasteiger partial charge is 0.508 e. The van der Waals surface area contributed by atoms with E-state index in [0.29, 0.717) is 17.2 Å². The van der Waals surface area contributed by atoms with Crippen molar-refractivity contribution in [2.24, 2.45) is 0 Å². The number of hydrogen-bond acceptors (Lipinski definition) is 7. The average molecular weight is 504 g/mol. The van der Waals surface area contributed by atoms with Crippen LogP contribution in [0.1, 0.15) is 15.9 Å². The van der Waals surface area contributed by atoms with Crippen LogP contribution in [-0.4, -0.2) is 38.1 Å². The number of halogens is 3. The lowest BCUT2D eigenvalue weighted by atomic mass is 10.0. The Morgan fingerprint density at radius 1 is 0.865 bits per heavy atom. The smallest absolute Gasteiger partial charge is 0.431 e. The molecule has 0 saturated carbocycles. The molecule has 0 aliphatic carbocycles. The van der Waals surface area contributed by atoms with E-state index in [2.05, 4.69) is 25.8 Å². The van der Waals surface area contributed by atoms with E-state index in [1.807, 2.05) is 0 Å². The first kappa shape index (κ1) is 25.0. The van der Waals surface area contributed by atoms with Gasteiger partial charge >= 0.3 is 6.18 Å². The summed E-state index contributed by atoms with van der Waals surface area (Å²) in [7, 11) is 0. The number of carbonyl (C=O) groups is 1. The summed E-state index contributed by atoms with van der Waals surface area (Å²) in [4.78, 5) is 16.5. The Bertz CT molecular complexity index is 1460. The number of phenolic OH excluding ortho intramolecular Hbond substituents is 1. The maximum atomic E-state index is 13.5. The molecule has 0 aliphatic rings. The first-order valence-electron chi connectivity index (χ1n) is 10.8. The van der Waals surface area contributed by atoms with Crippen molar-refractivity contribution in [1.29, 1.82) is 5.41 Å². The van der Waals surface area contributed by atoms with E-state index in [1.165, 1.54) is 42.7 Å². The quantitative estimate of drug-likeness (QED) is 0.249. The number of nitrogens with zero attached hydrogens (tertiary/aromatic N) is 3. The zero-order chi connectivity index (χ0) is 26.4. The minimum atomic E-state index is -4.79. The Kier molecular flexibility index (Phi) is 7.23. The molecule has 2 heterocycles. The molecule has 0 saturated heterocycles. The summed E-state index contributed by atoms with van der Waals surface area (Å²) in [5, 5.41) is 29.8. The van der Waals surface area contributed by atoms with Gasteiger partial charge in [-0.3, -0.25) is 9.78 Å². The van der Waals surface area contributed by atoms with E-state index in [4.69, 9.17) is 5.41 Å². The number of benzene rings is 2. The van der Waals surface area contributed by atoms with Gasteiger partial charge in [0.05, 0.1) is 5.71 Å². The molecule has 4 aromatic rings. The fourth-order valence-corrected chi connectivity index (χ4v) is 3.26. The van der Waals surface area contributed by atoms with Crippen LogP contribution in [0.15, 0.2) is 97.0 Å². The van der Waals surface area contributed by atoms with E-state index in [-0.39, 0.29) is 22.9 Å². The van der Waals surface area contributed by atoms with Crippen molar-refractivity contribution < 1.29 is 23.1 Å². The molecule has 0 bridgehead atoms. The molecule has 0 unspecified atom stereocenters. The number of amides is 1. The Morgan fingerprint density at radius 3 is 2.14 bits per heavy atom. The maximum absolute atomic E-state index is 13.5. The average Bonchev–Trinajstić information content (AvgIpc) is 2.89. The van der Waals surface area contributed by atoms with Crippen molar-refractivity contribution in [1.82, 2.24) is 15.2 Å². The third-order valence-electron chi connectivity index (χ3n) is 5.04. The van der Waals surface area contributed by atoms with Gasteiger partial charge in [0.2, 0.25) is 0 Å². The number of pyridine rings is 1. The van der Waals surface area contributed by atoms with Gasteiger partial charge in [-0.2, -0.15) is 13.2 Å². The Balaban J connectivity index is 1.46. The molecule has 0 radical (unpaired) electrons. The lowest BCUT2D eigenvalue weighted by molar-refractivity contribution is -0.0902. The summed E-state index contributed by atoms with van der Waals surface area (Å²) in [6.07, 6.45) is -1.42. The number of hydrogen-bond donors (Lipinski definition) is 4. The SMILES string of the molecule is N=C(/C=C(\Nc1ccc(NC(=O)c2cccc(-c3cccc(O)c3)c2)nn1)C(F)(F)F)c1cccnc1. The normalized spacial score (nSPS) is 11.6. The standard InChI is InChI=1S/C26H19F3N6O2/c27-26(28,29)22(14-21(30)19-7-3-11-31-15-19)32-23-9-10-24(35-34-23)33-25(37)18-6-1-4-16(12-18)17-5-2-8-20(36)13-17/h1-15,30,36H,(H,32,34)(H,33,35,37)/b22-14-,30-21?. The fourth-order valence-electron chi connectivity index (χ4n) is 3.26. The zero-order valence-electron chi connectivity index (χ0n) is 19.0. The molecule has 11 heteroatoms. The Labute approximate surface area is 209 Å². The number of allylic oxidation sites excluding steroid dienone is 2. The number of carbonyl (C=O) groups excluding carboxylic acids is 1. The second-order valence-electron chi connectivity index (χ2n) is 7.73. The molecular formula is C26H19F3N6O2. The highest BCUT2D eigenvalue weighted by atomic mass is 19.4. The number of rotatable bonds is 7. The summed E-state index contributed by atoms with van der Waals surface area (Å²) in [5.41, 5.74) is 0.339. The molecule has 4 rings (SSSR count).